The summed E-state index contributed by atoms with van der Waals surface area (Å²) in [7, 11) is 0. The topological polar surface area (TPSA) is 104 Å². The molecule has 1 amide bonds. The lowest BCUT2D eigenvalue weighted by atomic mass is 10.1. The molecule has 3 N–H and O–H groups in total. The van der Waals surface area contributed by atoms with Gasteiger partial charge >= 0.3 is 0 Å². The van der Waals surface area contributed by atoms with Crippen molar-refractivity contribution in [3.05, 3.63) is 110 Å². The maximum Gasteiger partial charge on any atom is 0.256 e. The van der Waals surface area contributed by atoms with Gasteiger partial charge in [0.05, 0.1) is 24.7 Å². The summed E-state index contributed by atoms with van der Waals surface area (Å²) in [5, 5.41) is 7.95. The fourth-order valence-corrected chi connectivity index (χ4v) is 3.76. The summed E-state index contributed by atoms with van der Waals surface area (Å²) in [6.45, 7) is 1.39. The number of anilines is 1. The molecule has 10 heteroatoms. The van der Waals surface area contributed by atoms with Crippen LogP contribution in [0.1, 0.15) is 21.5 Å². The number of nitrogens with two attached hydrogens (primary N) is 1. The van der Waals surface area contributed by atoms with Gasteiger partial charge in [0.1, 0.15) is 17.9 Å². The molecule has 0 aliphatic heterocycles. The first kappa shape index (κ1) is 24.4. The zero-order chi connectivity index (χ0) is 24.8. The Labute approximate surface area is 211 Å². The molecule has 4 rings (SSSR count). The average molecular weight is 512 g/mol. The normalized spacial score (nSPS) is 10.8. The zero-order valence-electron chi connectivity index (χ0n) is 18.7. The smallest absolute Gasteiger partial charge is 0.256 e. The Bertz CT molecular complexity index is 1380. The molecule has 0 aliphatic carbocycles. The SMILES string of the molecule is Nc1nn(Cc2ccc(Cn3ccccc3=O)cc2)cc1C(=O)NCCOc1cc(Cl)ccc1Cl. The third-order valence-corrected chi connectivity index (χ3v) is 5.74. The highest BCUT2D eigenvalue weighted by molar-refractivity contribution is 6.34. The fourth-order valence-electron chi connectivity index (χ4n) is 3.43. The standard InChI is InChI=1S/C25H23Cl2N5O3/c26-19-8-9-21(27)22(13-19)35-12-10-29-25(34)20-16-32(30-24(20)28)15-18-6-4-17(5-7-18)14-31-11-2-1-3-23(31)33/h1-9,11,13,16H,10,12,14-15H2,(H2,28,30)(H,29,34). The quantitative estimate of drug-likeness (QED) is 0.332. The van der Waals surface area contributed by atoms with Gasteiger partial charge in [-0.2, -0.15) is 5.10 Å². The highest BCUT2D eigenvalue weighted by atomic mass is 35.5. The number of nitrogen functional groups attached to an aromatic ring is 1. The summed E-state index contributed by atoms with van der Waals surface area (Å²) in [6.07, 6.45) is 3.37. The molecule has 8 nitrogen and oxygen atoms in total. The van der Waals surface area contributed by atoms with Crippen LogP contribution in [0.5, 0.6) is 5.75 Å². The van der Waals surface area contributed by atoms with E-state index < -0.39 is 0 Å². The minimum Gasteiger partial charge on any atom is -0.490 e. The number of nitrogens with one attached hydrogen (secondary N) is 1. The second-order valence-electron chi connectivity index (χ2n) is 7.79. The number of ether oxygens (including phenoxy) is 1. The summed E-state index contributed by atoms with van der Waals surface area (Å²) in [5.74, 6) is 0.238. The van der Waals surface area contributed by atoms with E-state index in [-0.39, 0.29) is 36.0 Å². The van der Waals surface area contributed by atoms with E-state index in [1.54, 1.807) is 45.9 Å². The van der Waals surface area contributed by atoms with Crippen molar-refractivity contribution >= 4 is 34.9 Å². The molecule has 35 heavy (non-hydrogen) atoms. The van der Waals surface area contributed by atoms with Crippen LogP contribution in [0.25, 0.3) is 0 Å². The van der Waals surface area contributed by atoms with Gasteiger partial charge in [-0.25, -0.2) is 0 Å². The minimum atomic E-state index is -0.349. The number of aromatic nitrogens is 3. The number of carbonyl (C=O) groups excluding carboxylic acids is 1. The van der Waals surface area contributed by atoms with Gasteiger partial charge < -0.3 is 20.4 Å². The van der Waals surface area contributed by atoms with Gasteiger partial charge in [0.2, 0.25) is 0 Å². The molecular weight excluding hydrogens is 489 g/mol. The molecule has 2 aromatic carbocycles. The molecule has 2 heterocycles. The second-order valence-corrected chi connectivity index (χ2v) is 8.63. The Hall–Kier alpha value is -3.75. The number of carbonyl (C=O) groups is 1. The third-order valence-electron chi connectivity index (χ3n) is 5.19. The van der Waals surface area contributed by atoms with Crippen LogP contribution in [0.15, 0.2) is 77.9 Å². The predicted octanol–water partition coefficient (Wildman–Crippen LogP) is 3.84. The van der Waals surface area contributed by atoms with Gasteiger partial charge in [-0.05, 0) is 29.3 Å². The predicted molar refractivity (Wildman–Crippen MR) is 136 cm³/mol. The van der Waals surface area contributed by atoms with Crippen molar-refractivity contribution in [3.8, 4) is 5.75 Å². The minimum absolute atomic E-state index is 0.0470. The van der Waals surface area contributed by atoms with Gasteiger partial charge in [-0.3, -0.25) is 14.3 Å². The number of nitrogens with zero attached hydrogens (tertiary/aromatic N) is 3. The van der Waals surface area contributed by atoms with Gasteiger partial charge in [-0.1, -0.05) is 53.5 Å². The van der Waals surface area contributed by atoms with Crippen molar-refractivity contribution < 1.29 is 9.53 Å². The van der Waals surface area contributed by atoms with Gasteiger partial charge in [0, 0.05) is 29.5 Å². The van der Waals surface area contributed by atoms with Crippen molar-refractivity contribution in [1.82, 2.24) is 19.7 Å². The van der Waals surface area contributed by atoms with E-state index in [0.717, 1.165) is 11.1 Å². The molecule has 0 bridgehead atoms. The second kappa shape index (κ2) is 11.1. The van der Waals surface area contributed by atoms with Crippen LogP contribution < -0.4 is 21.3 Å². The number of hydrogen-bond acceptors (Lipinski definition) is 5. The van der Waals surface area contributed by atoms with E-state index in [1.807, 2.05) is 30.3 Å². The van der Waals surface area contributed by atoms with Crippen molar-refractivity contribution in [2.45, 2.75) is 13.1 Å². The molecule has 0 saturated heterocycles. The van der Waals surface area contributed by atoms with Crippen LogP contribution in [0.4, 0.5) is 5.82 Å². The van der Waals surface area contributed by atoms with Gasteiger partial charge in [0.25, 0.3) is 11.5 Å². The average Bonchev–Trinajstić information content (AvgIpc) is 3.21. The fraction of sp³-hybridized carbons (Fsp3) is 0.160. The lowest BCUT2D eigenvalue weighted by molar-refractivity contribution is 0.0948. The molecular formula is C25H23Cl2N5O3. The van der Waals surface area contributed by atoms with E-state index in [0.29, 0.717) is 28.9 Å². The van der Waals surface area contributed by atoms with E-state index >= 15 is 0 Å². The summed E-state index contributed by atoms with van der Waals surface area (Å²) < 4.78 is 8.83. The number of halogens is 2. The largest absolute Gasteiger partial charge is 0.490 e. The van der Waals surface area contributed by atoms with E-state index in [9.17, 15) is 9.59 Å². The highest BCUT2D eigenvalue weighted by Crippen LogP contribution is 2.27. The number of hydrogen-bond donors (Lipinski definition) is 2. The number of amides is 1. The molecule has 0 unspecified atom stereocenters. The van der Waals surface area contributed by atoms with Crippen molar-refractivity contribution in [2.75, 3.05) is 18.9 Å². The molecule has 0 atom stereocenters. The van der Waals surface area contributed by atoms with Gasteiger partial charge in [-0.15, -0.1) is 0 Å². The monoisotopic (exact) mass is 511 g/mol. The molecule has 0 spiro atoms. The lowest BCUT2D eigenvalue weighted by Gasteiger charge is -2.09. The number of pyridine rings is 1. The number of rotatable bonds is 9. The summed E-state index contributed by atoms with van der Waals surface area (Å²) in [6, 6.07) is 17.8. The summed E-state index contributed by atoms with van der Waals surface area (Å²) in [4.78, 5) is 24.4. The Kier molecular flexibility index (Phi) is 7.74. The van der Waals surface area contributed by atoms with Crippen molar-refractivity contribution in [3.63, 3.8) is 0 Å². The van der Waals surface area contributed by atoms with Crippen LogP contribution >= 0.6 is 23.2 Å². The van der Waals surface area contributed by atoms with Crippen LogP contribution in [0.3, 0.4) is 0 Å². The zero-order valence-corrected chi connectivity index (χ0v) is 20.2. The van der Waals surface area contributed by atoms with Crippen molar-refractivity contribution in [2.24, 2.45) is 0 Å². The molecule has 0 radical (unpaired) electrons. The Morgan fingerprint density at radius 1 is 1.03 bits per heavy atom. The molecule has 4 aromatic rings. The van der Waals surface area contributed by atoms with Crippen LogP contribution in [-0.4, -0.2) is 33.4 Å². The molecule has 180 valence electrons. The van der Waals surface area contributed by atoms with Gasteiger partial charge in [0.15, 0.2) is 5.82 Å². The van der Waals surface area contributed by atoms with E-state index in [2.05, 4.69) is 10.4 Å². The third kappa shape index (κ3) is 6.44. The van der Waals surface area contributed by atoms with Crippen LogP contribution in [0.2, 0.25) is 10.0 Å². The van der Waals surface area contributed by atoms with Crippen molar-refractivity contribution in [1.29, 1.82) is 0 Å². The lowest BCUT2D eigenvalue weighted by Crippen LogP contribution is -2.28. The first-order valence-corrected chi connectivity index (χ1v) is 11.6. The molecule has 0 aliphatic rings. The Balaban J connectivity index is 1.30. The molecule has 2 aromatic heterocycles. The van der Waals surface area contributed by atoms with E-state index in [4.69, 9.17) is 33.7 Å². The summed E-state index contributed by atoms with van der Waals surface area (Å²) >= 11 is 12.0. The van der Waals surface area contributed by atoms with Crippen LogP contribution in [0, 0.1) is 0 Å². The molecule has 0 saturated carbocycles. The number of benzene rings is 2. The maximum absolute atomic E-state index is 12.5. The van der Waals surface area contributed by atoms with Crippen LogP contribution in [-0.2, 0) is 13.1 Å². The van der Waals surface area contributed by atoms with E-state index in [1.165, 1.54) is 6.07 Å². The highest BCUT2D eigenvalue weighted by Gasteiger charge is 2.14. The Morgan fingerprint density at radius 3 is 2.51 bits per heavy atom. The first-order chi connectivity index (χ1) is 16.9. The summed E-state index contributed by atoms with van der Waals surface area (Å²) in [5.41, 5.74) is 8.18. The maximum atomic E-state index is 12.5. The molecule has 0 fully saturated rings. The first-order valence-electron chi connectivity index (χ1n) is 10.8. The Morgan fingerprint density at radius 2 is 1.77 bits per heavy atom.